The van der Waals surface area contributed by atoms with Gasteiger partial charge in [0.2, 0.25) is 0 Å². The number of anilines is 1. The van der Waals surface area contributed by atoms with E-state index in [0.717, 1.165) is 6.20 Å². The highest BCUT2D eigenvalue weighted by Crippen LogP contribution is 2.18. The summed E-state index contributed by atoms with van der Waals surface area (Å²) < 4.78 is 24.2. The lowest BCUT2D eigenvalue weighted by molar-refractivity contribution is -0.385. The van der Waals surface area contributed by atoms with Gasteiger partial charge < -0.3 is 5.32 Å². The van der Waals surface area contributed by atoms with Crippen LogP contribution in [0.1, 0.15) is 5.56 Å². The zero-order valence-electron chi connectivity index (χ0n) is 11.9. The van der Waals surface area contributed by atoms with Crippen molar-refractivity contribution in [2.24, 2.45) is 0 Å². The van der Waals surface area contributed by atoms with Gasteiger partial charge in [0, 0.05) is 12.1 Å². The minimum absolute atomic E-state index is 0.0672. The lowest BCUT2D eigenvalue weighted by Gasteiger charge is -2.07. The summed E-state index contributed by atoms with van der Waals surface area (Å²) in [5.41, 5.74) is 0.399. The molecule has 0 radical (unpaired) electrons. The first-order chi connectivity index (χ1) is 10.4. The van der Waals surface area contributed by atoms with Crippen LogP contribution < -0.4 is 5.32 Å². The minimum atomic E-state index is -3.36. The summed E-state index contributed by atoms with van der Waals surface area (Å²) in [5.74, 6) is 0.320. The van der Waals surface area contributed by atoms with E-state index in [1.54, 1.807) is 37.3 Å². The van der Waals surface area contributed by atoms with Gasteiger partial charge in [-0.25, -0.2) is 13.4 Å². The number of hydrogen-bond acceptors (Lipinski definition) is 6. The average molecular weight is 321 g/mol. The molecule has 1 heterocycles. The zero-order valence-corrected chi connectivity index (χ0v) is 12.7. The van der Waals surface area contributed by atoms with E-state index in [2.05, 4.69) is 10.3 Å². The second-order valence-electron chi connectivity index (χ2n) is 4.67. The van der Waals surface area contributed by atoms with E-state index in [1.165, 1.54) is 6.07 Å². The molecule has 7 nitrogen and oxygen atoms in total. The number of benzene rings is 1. The Hall–Kier alpha value is -2.48. The molecule has 8 heteroatoms. The Kier molecular flexibility index (Phi) is 4.71. The van der Waals surface area contributed by atoms with Crippen LogP contribution in [0.2, 0.25) is 0 Å². The van der Waals surface area contributed by atoms with Crippen LogP contribution in [0.5, 0.6) is 0 Å². The van der Waals surface area contributed by atoms with Gasteiger partial charge in [0.15, 0.2) is 9.84 Å². The van der Waals surface area contributed by atoms with E-state index in [1.807, 2.05) is 0 Å². The maximum atomic E-state index is 12.1. The molecule has 1 N–H and O–H groups in total. The Bertz CT molecular complexity index is 776. The Balaban J connectivity index is 2.00. The zero-order chi connectivity index (χ0) is 16.2. The highest BCUT2D eigenvalue weighted by molar-refractivity contribution is 7.91. The monoisotopic (exact) mass is 321 g/mol. The first kappa shape index (κ1) is 15.9. The van der Waals surface area contributed by atoms with Gasteiger partial charge in [-0.2, -0.15) is 0 Å². The van der Waals surface area contributed by atoms with Crippen molar-refractivity contribution in [2.45, 2.75) is 11.8 Å². The van der Waals surface area contributed by atoms with Crippen molar-refractivity contribution < 1.29 is 13.3 Å². The molecule has 1 aromatic heterocycles. The van der Waals surface area contributed by atoms with Crippen molar-refractivity contribution in [3.8, 4) is 0 Å². The van der Waals surface area contributed by atoms with E-state index in [-0.39, 0.29) is 22.9 Å². The third kappa shape index (κ3) is 3.79. The molecule has 0 saturated carbocycles. The van der Waals surface area contributed by atoms with E-state index in [4.69, 9.17) is 0 Å². The summed E-state index contributed by atoms with van der Waals surface area (Å²) >= 11 is 0. The predicted molar refractivity (Wildman–Crippen MR) is 82.6 cm³/mol. The smallest absolute Gasteiger partial charge is 0.290 e. The molecule has 116 valence electrons. The van der Waals surface area contributed by atoms with Gasteiger partial charge in [0.25, 0.3) is 5.69 Å². The molecule has 0 saturated heterocycles. The van der Waals surface area contributed by atoms with E-state index >= 15 is 0 Å². The number of pyridine rings is 1. The Morgan fingerprint density at radius 3 is 2.55 bits per heavy atom. The third-order valence-corrected chi connectivity index (χ3v) is 4.79. The summed E-state index contributed by atoms with van der Waals surface area (Å²) in [5, 5.41) is 13.6. The highest BCUT2D eigenvalue weighted by atomic mass is 32.2. The fraction of sp³-hybridized carbons (Fsp3) is 0.214. The number of aryl methyl sites for hydroxylation is 1. The number of sulfone groups is 1. The van der Waals surface area contributed by atoms with Crippen molar-refractivity contribution >= 4 is 21.3 Å². The fourth-order valence-corrected chi connectivity index (χ4v) is 3.07. The van der Waals surface area contributed by atoms with Crippen LogP contribution in [0.3, 0.4) is 0 Å². The number of hydrogen-bond donors (Lipinski definition) is 1. The molecule has 2 rings (SSSR count). The number of aromatic nitrogens is 1. The molecule has 0 aliphatic carbocycles. The Morgan fingerprint density at radius 1 is 1.27 bits per heavy atom. The first-order valence-electron chi connectivity index (χ1n) is 6.53. The number of rotatable bonds is 6. The Labute approximate surface area is 128 Å². The fourth-order valence-electron chi connectivity index (χ4n) is 1.90. The van der Waals surface area contributed by atoms with Crippen molar-refractivity contribution in [1.82, 2.24) is 4.98 Å². The number of nitrogens with zero attached hydrogens (tertiary/aromatic N) is 2. The van der Waals surface area contributed by atoms with Crippen LogP contribution in [-0.2, 0) is 9.84 Å². The normalized spacial score (nSPS) is 11.1. The molecule has 0 atom stereocenters. The standard InChI is InChI=1S/C14H15N3O4S/c1-11-9-14(16-10-13(11)17(18)19)15-7-8-22(20,21)12-5-3-2-4-6-12/h2-6,9-10H,7-8H2,1H3,(H,15,16). The molecule has 0 fully saturated rings. The van der Waals surface area contributed by atoms with Crippen LogP contribution in [0.15, 0.2) is 47.5 Å². The van der Waals surface area contributed by atoms with Gasteiger partial charge in [-0.1, -0.05) is 18.2 Å². The minimum Gasteiger partial charge on any atom is -0.369 e. The van der Waals surface area contributed by atoms with E-state index < -0.39 is 14.8 Å². The third-order valence-electron chi connectivity index (χ3n) is 3.06. The van der Waals surface area contributed by atoms with Crippen molar-refractivity contribution in [3.63, 3.8) is 0 Å². The van der Waals surface area contributed by atoms with Gasteiger partial charge in [0.1, 0.15) is 12.0 Å². The molecule has 0 bridgehead atoms. The molecule has 0 aliphatic heterocycles. The lowest BCUT2D eigenvalue weighted by Crippen LogP contribution is -2.16. The van der Waals surface area contributed by atoms with Crippen LogP contribution in [0, 0.1) is 17.0 Å². The summed E-state index contributed by atoms with van der Waals surface area (Å²) in [6.45, 7) is 1.77. The highest BCUT2D eigenvalue weighted by Gasteiger charge is 2.14. The van der Waals surface area contributed by atoms with Gasteiger partial charge in [-0.3, -0.25) is 10.1 Å². The number of nitrogens with one attached hydrogen (secondary N) is 1. The summed E-state index contributed by atoms with van der Waals surface area (Å²) in [6.07, 6.45) is 1.16. The second kappa shape index (κ2) is 6.52. The topological polar surface area (TPSA) is 102 Å². The van der Waals surface area contributed by atoms with Crippen LogP contribution in [-0.4, -0.2) is 30.6 Å². The molecular weight excluding hydrogens is 306 g/mol. The summed E-state index contributed by atoms with van der Waals surface area (Å²) in [4.78, 5) is 14.4. The van der Waals surface area contributed by atoms with Crippen molar-refractivity contribution in [1.29, 1.82) is 0 Å². The Morgan fingerprint density at radius 2 is 1.95 bits per heavy atom. The maximum Gasteiger partial charge on any atom is 0.290 e. The van der Waals surface area contributed by atoms with Gasteiger partial charge >= 0.3 is 0 Å². The predicted octanol–water partition coefficient (Wildman–Crippen LogP) is 2.18. The van der Waals surface area contributed by atoms with Gasteiger partial charge in [-0.05, 0) is 25.1 Å². The largest absolute Gasteiger partial charge is 0.369 e. The summed E-state index contributed by atoms with van der Waals surface area (Å²) in [6, 6.07) is 9.70. The van der Waals surface area contributed by atoms with Gasteiger partial charge in [0.05, 0.1) is 15.6 Å². The van der Waals surface area contributed by atoms with Crippen molar-refractivity contribution in [2.75, 3.05) is 17.6 Å². The quantitative estimate of drug-likeness (QED) is 0.646. The van der Waals surface area contributed by atoms with Crippen LogP contribution >= 0.6 is 0 Å². The van der Waals surface area contributed by atoms with Crippen molar-refractivity contribution in [3.05, 3.63) is 58.3 Å². The molecule has 0 amide bonds. The van der Waals surface area contributed by atoms with E-state index in [9.17, 15) is 18.5 Å². The van der Waals surface area contributed by atoms with Gasteiger partial charge in [-0.15, -0.1) is 0 Å². The maximum absolute atomic E-state index is 12.1. The van der Waals surface area contributed by atoms with Crippen LogP contribution in [0.4, 0.5) is 11.5 Å². The average Bonchev–Trinajstić information content (AvgIpc) is 2.47. The molecule has 2 aromatic rings. The number of nitro groups is 1. The molecule has 0 aliphatic rings. The van der Waals surface area contributed by atoms with E-state index in [0.29, 0.717) is 11.4 Å². The first-order valence-corrected chi connectivity index (χ1v) is 8.18. The molecule has 1 aromatic carbocycles. The molecular formula is C14H15N3O4S. The SMILES string of the molecule is Cc1cc(NCCS(=O)(=O)c2ccccc2)ncc1[N+](=O)[O-]. The second-order valence-corrected chi connectivity index (χ2v) is 6.78. The summed E-state index contributed by atoms with van der Waals surface area (Å²) in [7, 11) is -3.36. The molecule has 0 spiro atoms. The van der Waals surface area contributed by atoms with Crippen LogP contribution in [0.25, 0.3) is 0 Å². The lowest BCUT2D eigenvalue weighted by atomic mass is 10.2. The molecule has 0 unspecified atom stereocenters. The molecule has 22 heavy (non-hydrogen) atoms.